The molecule has 0 radical (unpaired) electrons. The zero-order valence-corrected chi connectivity index (χ0v) is 64.9. The minimum Gasteiger partial charge on any atom is -0.309 e. The first-order valence-corrected chi connectivity index (χ1v) is 44.8. The van der Waals surface area contributed by atoms with E-state index in [0.717, 1.165) is 66.4 Å². The van der Waals surface area contributed by atoms with Gasteiger partial charge in [0, 0.05) is 22.0 Å². The van der Waals surface area contributed by atoms with Crippen LogP contribution in [0, 0.1) is 0 Å². The first kappa shape index (κ1) is 66.5. The Balaban J connectivity index is 0.849. The zero-order chi connectivity index (χ0) is 75.3. The third-order valence-corrected chi connectivity index (χ3v) is 37.9. The van der Waals surface area contributed by atoms with E-state index in [9.17, 15) is 0 Å². The van der Waals surface area contributed by atoms with Crippen LogP contribution >= 0.6 is 0 Å². The lowest BCUT2D eigenvalue weighted by Crippen LogP contribution is -2.74. The summed E-state index contributed by atoms with van der Waals surface area (Å²) in [6.45, 7) is 0. The smallest absolute Gasteiger partial charge is 0.242 e. The maximum Gasteiger partial charge on any atom is 0.242 e. The van der Waals surface area contributed by atoms with Gasteiger partial charge in [-0.3, -0.25) is 8.80 Å². The van der Waals surface area contributed by atoms with Crippen molar-refractivity contribution in [3.05, 3.63) is 425 Å². The van der Waals surface area contributed by atoms with Crippen LogP contribution in [-0.2, 0) is 0 Å². The second-order valence-corrected chi connectivity index (χ2v) is 40.9. The Labute approximate surface area is 660 Å². The van der Waals surface area contributed by atoms with E-state index in [2.05, 4.69) is 447 Å². The summed E-state index contributed by atoms with van der Waals surface area (Å²) in [6, 6.07) is 156. The molecule has 0 aliphatic heterocycles. The van der Waals surface area contributed by atoms with Crippen molar-refractivity contribution in [2.45, 2.75) is 0 Å². The highest BCUT2D eigenvalue weighted by atomic mass is 28.3. The van der Waals surface area contributed by atoms with Crippen LogP contribution in [0.4, 0.5) is 0 Å². The molecule has 0 aliphatic rings. The molecule has 6 heterocycles. The van der Waals surface area contributed by atoms with Gasteiger partial charge >= 0.3 is 0 Å². The Bertz CT molecular complexity index is 7060. The van der Waals surface area contributed by atoms with Crippen molar-refractivity contribution in [2.75, 3.05) is 0 Å². The Kier molecular flexibility index (Phi) is 15.7. The van der Waals surface area contributed by atoms with E-state index in [0.29, 0.717) is 29.3 Å². The van der Waals surface area contributed by atoms with E-state index in [1.54, 1.807) is 0 Å². The predicted molar refractivity (Wildman–Crippen MR) is 477 cm³/mol. The number of hydrogen-bond acceptors (Lipinski definition) is 5. The van der Waals surface area contributed by atoms with Gasteiger partial charge < -0.3 is 4.57 Å². The summed E-state index contributed by atoms with van der Waals surface area (Å²) in [5.41, 5.74) is 11.2. The van der Waals surface area contributed by atoms with Crippen LogP contribution in [0.1, 0.15) is 0 Å². The molecule has 0 saturated heterocycles. The van der Waals surface area contributed by atoms with Crippen LogP contribution in [0.2, 0.25) is 0 Å². The van der Waals surface area contributed by atoms with Gasteiger partial charge in [0.05, 0.1) is 55.2 Å². The molecule has 0 atom stereocenters. The minimum absolute atomic E-state index is 0.388. The summed E-state index contributed by atoms with van der Waals surface area (Å²) in [4.78, 5) is 29.2. The van der Waals surface area contributed by atoms with Crippen LogP contribution in [0.15, 0.2) is 425 Å². The van der Waals surface area contributed by atoms with Crippen LogP contribution < -0.4 is 62.2 Å². The molecule has 0 amide bonds. The molecule has 16 aromatic carbocycles. The number of hydrogen-bond donors (Lipinski definition) is 0. The highest BCUT2D eigenvalue weighted by molar-refractivity contribution is 7.21. The summed E-state index contributed by atoms with van der Waals surface area (Å²) in [5.74, 6) is 2.57. The van der Waals surface area contributed by atoms with Gasteiger partial charge in [-0.15, -0.1) is 0 Å². The average Bonchev–Trinajstić information content (AvgIpc) is 1.53. The standard InChI is InChI=1S/C101H70N10Si3/c1-10-37-73(38-11-1)112(74-39-12-2-13-40-74,75-41-14-3-15-42-75)82-61-64-87-94(68-82)108-91-59-32-33-60-92(91)110(100(108)102-87)98-104-97(71-35-34-36-72(67-71)107-89-57-30-28-55-85(89)86-56-29-31-58-90(86)107)105-99(106-98)111-93-66-63-84(114(79-49-22-7-23-50-79,80-51-24-8-25-52-80)81-53-26-9-27-54-81)70-96(93)109-95-69-83(62-65-88(95)103-101(109)111)113(76-43-16-4-17-44-76,77-45-18-5-19-46-77)78-47-20-6-21-48-78/h1-70H. The Morgan fingerprint density at radius 1 is 0.184 bits per heavy atom. The lowest BCUT2D eigenvalue weighted by Gasteiger charge is -2.34. The van der Waals surface area contributed by atoms with Crippen molar-refractivity contribution in [2.24, 2.45) is 0 Å². The molecular weight excluding hydrogens is 1440 g/mol. The predicted octanol–water partition coefficient (Wildman–Crippen LogP) is 14.3. The second kappa shape index (κ2) is 26.9. The number of nitrogens with zero attached hydrogens (tertiary/aromatic N) is 10. The number of fused-ring (bicyclic) bond motifs is 13. The Morgan fingerprint density at radius 3 is 0.851 bits per heavy atom. The van der Waals surface area contributed by atoms with Crippen molar-refractivity contribution in [3.8, 4) is 29.0 Å². The zero-order valence-electron chi connectivity index (χ0n) is 61.9. The van der Waals surface area contributed by atoms with Crippen molar-refractivity contribution in [1.29, 1.82) is 0 Å². The first-order chi connectivity index (χ1) is 56.5. The maximum absolute atomic E-state index is 5.92. The third-order valence-electron chi connectivity index (χ3n) is 23.6. The van der Waals surface area contributed by atoms with E-state index in [4.69, 9.17) is 24.9 Å². The molecular formula is C101H70N10Si3. The fourth-order valence-corrected chi connectivity index (χ4v) is 33.1. The van der Waals surface area contributed by atoms with Gasteiger partial charge in [-0.25, -0.2) is 19.1 Å². The number of benzene rings is 16. The highest BCUT2D eigenvalue weighted by Gasteiger charge is 2.45. The molecule has 0 unspecified atom stereocenters. The normalized spacial score (nSPS) is 12.2. The number of imidazole rings is 4. The van der Waals surface area contributed by atoms with Crippen molar-refractivity contribution in [3.63, 3.8) is 0 Å². The molecule has 0 N–H and O–H groups in total. The average molecular weight is 1510 g/mol. The van der Waals surface area contributed by atoms with Gasteiger partial charge in [-0.2, -0.15) is 15.0 Å². The molecule has 536 valence electrons. The largest absolute Gasteiger partial charge is 0.309 e. The summed E-state index contributed by atoms with van der Waals surface area (Å²) in [7, 11) is -9.31. The maximum atomic E-state index is 5.92. The lowest BCUT2D eigenvalue weighted by molar-refractivity contribution is 0.877. The van der Waals surface area contributed by atoms with Gasteiger partial charge in [0.25, 0.3) is 0 Å². The van der Waals surface area contributed by atoms with E-state index in [-0.39, 0.29) is 0 Å². The molecule has 0 spiro atoms. The fraction of sp³-hybridized carbons (Fsp3) is 0. The Hall–Kier alpha value is -14.5. The summed E-state index contributed by atoms with van der Waals surface area (Å²) < 4.78 is 11.4. The summed E-state index contributed by atoms with van der Waals surface area (Å²) in [6.07, 6.45) is 0. The van der Waals surface area contributed by atoms with E-state index >= 15 is 0 Å². The molecule has 13 heteroatoms. The van der Waals surface area contributed by atoms with Crippen molar-refractivity contribution < 1.29 is 0 Å². The van der Waals surface area contributed by atoms with E-state index in [1.165, 1.54) is 73.0 Å². The fourth-order valence-electron chi connectivity index (χ4n) is 18.8. The van der Waals surface area contributed by atoms with E-state index < -0.39 is 24.2 Å². The minimum atomic E-state index is -3.18. The molecule has 10 nitrogen and oxygen atoms in total. The van der Waals surface area contributed by atoms with Gasteiger partial charge in [0.1, 0.15) is 0 Å². The number of para-hydroxylation sites is 4. The monoisotopic (exact) mass is 1510 g/mol. The molecule has 22 aromatic rings. The summed E-state index contributed by atoms with van der Waals surface area (Å²) in [5, 5.41) is 17.5. The molecule has 0 aliphatic carbocycles. The van der Waals surface area contributed by atoms with Gasteiger partial charge in [-0.05, 0) is 135 Å². The van der Waals surface area contributed by atoms with E-state index in [1.807, 2.05) is 0 Å². The third kappa shape index (κ3) is 10.1. The topological polar surface area (TPSA) is 88.1 Å². The SMILES string of the molecule is c1ccc([Si](c2ccccc2)(c2ccccc2)c2ccc3nc4n(-c5nc(-c6cccc(-n7c8ccccc8c8ccccc87)c6)nc(-n6c7ccc([Si](c8ccccc8)(c8ccccc8)c8ccccc8)cc7n7c8cc([Si](c9ccccc9)(c9ccccc9)c9ccccc9)ccc8nc67)n5)c5ccccc5n4c3c2)cc1. The van der Waals surface area contributed by atoms with Gasteiger partial charge in [0.15, 0.2) is 30.0 Å². The molecule has 114 heavy (non-hydrogen) atoms. The van der Waals surface area contributed by atoms with Crippen LogP contribution in [0.5, 0.6) is 0 Å². The highest BCUT2D eigenvalue weighted by Crippen LogP contribution is 2.36. The van der Waals surface area contributed by atoms with Crippen LogP contribution in [0.25, 0.3) is 106 Å². The molecule has 6 aromatic heterocycles. The quantitative estimate of drug-likeness (QED) is 0.0710. The van der Waals surface area contributed by atoms with Crippen molar-refractivity contribution >= 4 is 164 Å². The molecule has 0 bridgehead atoms. The van der Waals surface area contributed by atoms with Crippen molar-refractivity contribution in [1.82, 2.24) is 47.4 Å². The first-order valence-electron chi connectivity index (χ1n) is 38.8. The Morgan fingerprint density at radius 2 is 0.482 bits per heavy atom. The van der Waals surface area contributed by atoms with Gasteiger partial charge in [0.2, 0.25) is 23.5 Å². The second-order valence-electron chi connectivity index (χ2n) is 29.5. The molecule has 0 saturated carbocycles. The number of rotatable bonds is 16. The molecule has 0 fully saturated rings. The van der Waals surface area contributed by atoms with Crippen LogP contribution in [0.3, 0.4) is 0 Å². The van der Waals surface area contributed by atoms with Crippen LogP contribution in [-0.4, -0.2) is 71.6 Å². The van der Waals surface area contributed by atoms with Gasteiger partial charge in [-0.1, -0.05) is 352 Å². The summed E-state index contributed by atoms with van der Waals surface area (Å²) >= 11 is 0. The molecule has 22 rings (SSSR count). The lowest BCUT2D eigenvalue weighted by atomic mass is 10.2. The number of aromatic nitrogens is 10.